The summed E-state index contributed by atoms with van der Waals surface area (Å²) in [6, 6.07) is 6.62. The van der Waals surface area contributed by atoms with Crippen LogP contribution in [0.3, 0.4) is 0 Å². The number of hydrogen-bond acceptors (Lipinski definition) is 2. The number of benzene rings is 1. The SMILES string of the molecule is C=CCC12CCN(CC3CCC3)C1=CCc1ccc(OC)cc12. The Bertz CT molecular complexity index is 643. The molecule has 2 heteroatoms. The Labute approximate surface area is 139 Å². The summed E-state index contributed by atoms with van der Waals surface area (Å²) in [6.07, 6.45) is 12.1. The average molecular weight is 309 g/mol. The molecular weight excluding hydrogens is 282 g/mol. The minimum Gasteiger partial charge on any atom is -0.497 e. The lowest BCUT2D eigenvalue weighted by Gasteiger charge is -2.39. The van der Waals surface area contributed by atoms with Gasteiger partial charge >= 0.3 is 0 Å². The monoisotopic (exact) mass is 309 g/mol. The van der Waals surface area contributed by atoms with E-state index in [2.05, 4.69) is 41.8 Å². The second-order valence-corrected chi connectivity index (χ2v) is 7.38. The number of likely N-dealkylation sites (tertiary alicyclic amines) is 1. The molecule has 0 spiro atoms. The van der Waals surface area contributed by atoms with Crippen molar-refractivity contribution in [1.82, 2.24) is 4.90 Å². The van der Waals surface area contributed by atoms with Gasteiger partial charge in [-0.1, -0.05) is 24.6 Å². The maximum absolute atomic E-state index is 5.51. The van der Waals surface area contributed by atoms with Gasteiger partial charge in [-0.25, -0.2) is 0 Å². The van der Waals surface area contributed by atoms with Gasteiger partial charge in [0.15, 0.2) is 0 Å². The van der Waals surface area contributed by atoms with Crippen molar-refractivity contribution in [3.05, 3.63) is 53.8 Å². The number of rotatable bonds is 5. The zero-order chi connectivity index (χ0) is 15.9. The van der Waals surface area contributed by atoms with Gasteiger partial charge in [-0.2, -0.15) is 0 Å². The Kier molecular flexibility index (Phi) is 3.71. The smallest absolute Gasteiger partial charge is 0.119 e. The van der Waals surface area contributed by atoms with Crippen LogP contribution in [0.2, 0.25) is 0 Å². The van der Waals surface area contributed by atoms with Gasteiger partial charge in [0, 0.05) is 24.2 Å². The molecule has 0 amide bonds. The first kappa shape index (κ1) is 14.9. The van der Waals surface area contributed by atoms with Crippen LogP contribution in [0.25, 0.3) is 0 Å². The van der Waals surface area contributed by atoms with Crippen LogP contribution in [0.5, 0.6) is 5.75 Å². The highest BCUT2D eigenvalue weighted by Crippen LogP contribution is 2.51. The van der Waals surface area contributed by atoms with Crippen molar-refractivity contribution in [1.29, 1.82) is 0 Å². The fourth-order valence-electron chi connectivity index (χ4n) is 4.73. The van der Waals surface area contributed by atoms with E-state index in [0.29, 0.717) is 0 Å². The van der Waals surface area contributed by atoms with Crippen molar-refractivity contribution in [2.75, 3.05) is 20.2 Å². The van der Waals surface area contributed by atoms with E-state index in [1.54, 1.807) is 12.8 Å². The van der Waals surface area contributed by atoms with E-state index in [4.69, 9.17) is 4.74 Å². The second-order valence-electron chi connectivity index (χ2n) is 7.38. The summed E-state index contributed by atoms with van der Waals surface area (Å²) in [4.78, 5) is 2.68. The molecule has 0 radical (unpaired) electrons. The molecule has 2 nitrogen and oxygen atoms in total. The third-order valence-corrected chi connectivity index (χ3v) is 6.18. The van der Waals surface area contributed by atoms with E-state index in [9.17, 15) is 0 Å². The zero-order valence-corrected chi connectivity index (χ0v) is 14.2. The van der Waals surface area contributed by atoms with Gasteiger partial charge in [-0.3, -0.25) is 0 Å². The number of ether oxygens (including phenoxy) is 1. The molecular formula is C21H27NO. The number of nitrogens with zero attached hydrogens (tertiary/aromatic N) is 1. The first-order valence-electron chi connectivity index (χ1n) is 9.01. The molecule has 0 bridgehead atoms. The Morgan fingerprint density at radius 3 is 2.96 bits per heavy atom. The molecule has 3 aliphatic rings. The summed E-state index contributed by atoms with van der Waals surface area (Å²) < 4.78 is 5.51. The van der Waals surface area contributed by atoms with Crippen LogP contribution in [0.1, 0.15) is 43.2 Å². The lowest BCUT2D eigenvalue weighted by atomic mass is 9.69. The molecule has 1 saturated carbocycles. The predicted octanol–water partition coefficient (Wildman–Crippen LogP) is 4.45. The summed E-state index contributed by atoms with van der Waals surface area (Å²) in [7, 11) is 1.76. The van der Waals surface area contributed by atoms with Crippen molar-refractivity contribution in [2.45, 2.75) is 43.9 Å². The molecule has 1 saturated heterocycles. The van der Waals surface area contributed by atoms with Gasteiger partial charge in [0.1, 0.15) is 5.75 Å². The van der Waals surface area contributed by atoms with E-state index in [-0.39, 0.29) is 5.41 Å². The van der Waals surface area contributed by atoms with Crippen LogP contribution in [0.4, 0.5) is 0 Å². The van der Waals surface area contributed by atoms with E-state index in [1.165, 1.54) is 49.9 Å². The van der Waals surface area contributed by atoms with Crippen molar-refractivity contribution in [3.63, 3.8) is 0 Å². The quantitative estimate of drug-likeness (QED) is 0.745. The van der Waals surface area contributed by atoms with Gasteiger partial charge < -0.3 is 9.64 Å². The molecule has 1 aliphatic heterocycles. The van der Waals surface area contributed by atoms with Crippen molar-refractivity contribution < 1.29 is 4.74 Å². The first-order chi connectivity index (χ1) is 11.3. The zero-order valence-electron chi connectivity index (χ0n) is 14.2. The number of hydrogen-bond donors (Lipinski definition) is 0. The van der Waals surface area contributed by atoms with E-state index in [0.717, 1.165) is 24.5 Å². The molecule has 2 fully saturated rings. The van der Waals surface area contributed by atoms with Crippen LogP contribution in [-0.2, 0) is 11.8 Å². The predicted molar refractivity (Wildman–Crippen MR) is 94.8 cm³/mol. The lowest BCUT2D eigenvalue weighted by Crippen LogP contribution is -2.35. The molecule has 0 aromatic heterocycles. The maximum Gasteiger partial charge on any atom is 0.119 e. The van der Waals surface area contributed by atoms with Gasteiger partial charge in [-0.15, -0.1) is 6.58 Å². The van der Waals surface area contributed by atoms with Gasteiger partial charge in [0.05, 0.1) is 7.11 Å². The minimum absolute atomic E-state index is 0.133. The van der Waals surface area contributed by atoms with Crippen LogP contribution in [-0.4, -0.2) is 25.1 Å². The summed E-state index contributed by atoms with van der Waals surface area (Å²) in [6.45, 7) is 6.50. The Hall–Kier alpha value is -1.70. The van der Waals surface area contributed by atoms with Crippen LogP contribution in [0, 0.1) is 5.92 Å². The second kappa shape index (κ2) is 5.74. The van der Waals surface area contributed by atoms with E-state index < -0.39 is 0 Å². The Balaban J connectivity index is 1.72. The summed E-state index contributed by atoms with van der Waals surface area (Å²) in [5, 5.41) is 0. The van der Waals surface area contributed by atoms with Crippen molar-refractivity contribution >= 4 is 0 Å². The maximum atomic E-state index is 5.51. The number of fused-ring (bicyclic) bond motifs is 3. The van der Waals surface area contributed by atoms with Gasteiger partial charge in [0.2, 0.25) is 0 Å². The third kappa shape index (κ3) is 2.31. The molecule has 1 aromatic rings. The molecule has 1 heterocycles. The molecule has 23 heavy (non-hydrogen) atoms. The average Bonchev–Trinajstić information content (AvgIpc) is 2.89. The minimum atomic E-state index is 0.133. The van der Waals surface area contributed by atoms with Crippen LogP contribution >= 0.6 is 0 Å². The molecule has 1 unspecified atom stereocenters. The number of allylic oxidation sites excluding steroid dienone is 3. The number of methoxy groups -OCH3 is 1. The van der Waals surface area contributed by atoms with E-state index in [1.807, 2.05) is 0 Å². The standard InChI is InChI=1S/C21H27NO/c1-3-11-21-12-13-22(15-16-5-4-6-16)20(21)10-8-17-7-9-18(23-2)14-19(17)21/h3,7,9-10,14,16H,1,4-6,8,11-13,15H2,2H3. The summed E-state index contributed by atoms with van der Waals surface area (Å²) in [5.74, 6) is 1.90. The summed E-state index contributed by atoms with van der Waals surface area (Å²) in [5.41, 5.74) is 4.63. The highest BCUT2D eigenvalue weighted by Gasteiger charge is 2.46. The molecule has 2 aliphatic carbocycles. The van der Waals surface area contributed by atoms with E-state index >= 15 is 0 Å². The fourth-order valence-corrected chi connectivity index (χ4v) is 4.73. The van der Waals surface area contributed by atoms with Crippen molar-refractivity contribution in [3.8, 4) is 5.75 Å². The molecule has 1 atom stereocenters. The largest absolute Gasteiger partial charge is 0.497 e. The highest BCUT2D eigenvalue weighted by atomic mass is 16.5. The molecule has 4 rings (SSSR count). The normalized spacial score (nSPS) is 26.1. The van der Waals surface area contributed by atoms with Gasteiger partial charge in [0.25, 0.3) is 0 Å². The fraction of sp³-hybridized carbons (Fsp3) is 0.524. The Morgan fingerprint density at radius 2 is 2.26 bits per heavy atom. The molecule has 122 valence electrons. The first-order valence-corrected chi connectivity index (χ1v) is 9.01. The molecule has 0 N–H and O–H groups in total. The Morgan fingerprint density at radius 1 is 1.39 bits per heavy atom. The summed E-state index contributed by atoms with van der Waals surface area (Å²) >= 11 is 0. The molecule has 1 aromatic carbocycles. The topological polar surface area (TPSA) is 12.5 Å². The van der Waals surface area contributed by atoms with Crippen LogP contribution < -0.4 is 4.74 Å². The van der Waals surface area contributed by atoms with Crippen LogP contribution in [0.15, 0.2) is 42.6 Å². The lowest BCUT2D eigenvalue weighted by molar-refractivity contribution is 0.224. The highest BCUT2D eigenvalue weighted by molar-refractivity contribution is 5.51. The van der Waals surface area contributed by atoms with Gasteiger partial charge in [-0.05, 0) is 61.3 Å². The third-order valence-electron chi connectivity index (χ3n) is 6.18. The van der Waals surface area contributed by atoms with Crippen molar-refractivity contribution in [2.24, 2.45) is 5.92 Å².